The fraction of sp³-hybridized carbons (Fsp3) is 0.635. The quantitative estimate of drug-likeness (QED) is 0.0497. The molecule has 1 saturated heterocycles. The number of benzene rings is 2. The van der Waals surface area contributed by atoms with Gasteiger partial charge in [0.05, 0.1) is 47.8 Å². The van der Waals surface area contributed by atoms with Crippen LogP contribution in [0.3, 0.4) is 0 Å². The molecule has 76 heavy (non-hydrogen) atoms. The molecule has 3 N–H and O–H groups in total. The first-order chi connectivity index (χ1) is 35.3. The molecular weight excluding hydrogens is 1010 g/mol. The molecule has 0 unspecified atom stereocenters. The van der Waals surface area contributed by atoms with Crippen molar-refractivity contribution in [3.63, 3.8) is 0 Å². The second kappa shape index (κ2) is 28.1. The molecule has 24 heteroatoms. The Bertz CT molecular complexity index is 2450. The van der Waals surface area contributed by atoms with Crippen molar-refractivity contribution in [2.24, 2.45) is 23.7 Å². The zero-order valence-electron chi connectivity index (χ0n) is 46.4. The van der Waals surface area contributed by atoms with Gasteiger partial charge in [0.15, 0.2) is 0 Å². The van der Waals surface area contributed by atoms with Gasteiger partial charge in [0.1, 0.15) is 35.2 Å². The van der Waals surface area contributed by atoms with E-state index in [9.17, 15) is 52.1 Å². The highest BCUT2D eigenvalue weighted by Crippen LogP contribution is 2.30. The van der Waals surface area contributed by atoms with Crippen LogP contribution < -0.4 is 24.8 Å². The summed E-state index contributed by atoms with van der Waals surface area (Å²) in [5, 5.41) is 16.5. The minimum absolute atomic E-state index is 0.00548. The highest BCUT2D eigenvalue weighted by molar-refractivity contribution is 7.89. The molecule has 23 nitrogen and oxygen atoms in total. The molecule has 3 rings (SSSR count). The van der Waals surface area contributed by atoms with Gasteiger partial charge in [-0.05, 0) is 81.2 Å². The molecule has 2 aromatic carbocycles. The number of non-ortho nitro benzene ring substituents is 1. The molecule has 6 amide bonds. The minimum Gasteiger partial charge on any atom is -0.444 e. The van der Waals surface area contributed by atoms with Crippen molar-refractivity contribution < 1.29 is 70.6 Å². The van der Waals surface area contributed by atoms with Gasteiger partial charge in [-0.25, -0.2) is 18.0 Å². The fourth-order valence-electron chi connectivity index (χ4n) is 9.20. The van der Waals surface area contributed by atoms with Crippen LogP contribution in [0.5, 0.6) is 11.5 Å². The van der Waals surface area contributed by atoms with Gasteiger partial charge in [0.25, 0.3) is 11.6 Å². The molecule has 9 atom stereocenters. The minimum atomic E-state index is -4.07. The molecule has 1 heterocycles. The van der Waals surface area contributed by atoms with Gasteiger partial charge in [-0.1, -0.05) is 67.0 Å². The molecular formula is C52H79N7O16S. The number of nitro benzene ring substituents is 1. The lowest BCUT2D eigenvalue weighted by Crippen LogP contribution is -2.60. The smallest absolute Gasteiger partial charge is 0.444 e. The summed E-state index contributed by atoms with van der Waals surface area (Å²) in [6.07, 6.45) is -1.51. The zero-order chi connectivity index (χ0) is 57.6. The number of sulfonamides is 1. The van der Waals surface area contributed by atoms with Crippen LogP contribution in [0.4, 0.5) is 15.3 Å². The number of nitrogens with one attached hydrogen (secondary N) is 3. The molecule has 0 saturated carbocycles. The monoisotopic (exact) mass is 1090 g/mol. The number of likely N-dealkylation sites (N-methyl/N-ethyl adjacent to an activating group) is 2. The van der Waals surface area contributed by atoms with Crippen LogP contribution in [-0.4, -0.2) is 159 Å². The van der Waals surface area contributed by atoms with E-state index in [2.05, 4.69) is 10.6 Å². The highest BCUT2D eigenvalue weighted by atomic mass is 32.2. The summed E-state index contributed by atoms with van der Waals surface area (Å²) >= 11 is 0. The lowest BCUT2D eigenvalue weighted by atomic mass is 9.89. The number of nitrogens with zero attached hydrogens (tertiary/aromatic N) is 4. The van der Waals surface area contributed by atoms with Crippen LogP contribution in [0.1, 0.15) is 100 Å². The van der Waals surface area contributed by atoms with Crippen LogP contribution in [0.15, 0.2) is 48.5 Å². The maximum Gasteiger partial charge on any atom is 0.519 e. The van der Waals surface area contributed by atoms with Crippen molar-refractivity contribution in [2.75, 3.05) is 41.1 Å². The Morgan fingerprint density at radius 1 is 0.816 bits per heavy atom. The van der Waals surface area contributed by atoms with Crippen LogP contribution in [0.25, 0.3) is 0 Å². The van der Waals surface area contributed by atoms with E-state index in [0.717, 1.165) is 18.4 Å². The van der Waals surface area contributed by atoms with Gasteiger partial charge in [0, 0.05) is 53.4 Å². The molecule has 0 spiro atoms. The van der Waals surface area contributed by atoms with Crippen molar-refractivity contribution in [3.05, 3.63) is 64.2 Å². The van der Waals surface area contributed by atoms with Crippen LogP contribution in [0, 0.1) is 33.8 Å². The van der Waals surface area contributed by atoms with Gasteiger partial charge in [-0.15, -0.1) is 0 Å². The maximum absolute atomic E-state index is 14.6. The second-order valence-corrected chi connectivity index (χ2v) is 22.7. The molecule has 1 aliphatic rings. The first-order valence-electron chi connectivity index (χ1n) is 25.3. The first kappa shape index (κ1) is 63.9. The van der Waals surface area contributed by atoms with E-state index in [4.69, 9.17) is 23.7 Å². The molecule has 0 aliphatic carbocycles. The Morgan fingerprint density at radius 3 is 1.86 bits per heavy atom. The predicted molar refractivity (Wildman–Crippen MR) is 280 cm³/mol. The average Bonchev–Trinajstić information content (AvgIpc) is 3.81. The Hall–Kier alpha value is -6.40. The van der Waals surface area contributed by atoms with E-state index >= 15 is 0 Å². The molecule has 0 radical (unpaired) electrons. The lowest BCUT2D eigenvalue weighted by Gasteiger charge is -2.41. The van der Waals surface area contributed by atoms with Crippen LogP contribution >= 0.6 is 0 Å². The van der Waals surface area contributed by atoms with Gasteiger partial charge >= 0.3 is 12.2 Å². The predicted octanol–water partition coefficient (Wildman–Crippen LogP) is 5.23. The summed E-state index contributed by atoms with van der Waals surface area (Å²) < 4.78 is 54.1. The van der Waals surface area contributed by atoms with Gasteiger partial charge in [0.2, 0.25) is 33.7 Å². The number of nitro groups is 1. The molecule has 1 aliphatic heterocycles. The zero-order valence-corrected chi connectivity index (χ0v) is 47.3. The normalized spacial score (nSPS) is 17.0. The van der Waals surface area contributed by atoms with E-state index in [1.54, 1.807) is 67.3 Å². The van der Waals surface area contributed by atoms with Crippen molar-refractivity contribution in [2.45, 2.75) is 149 Å². The fourth-order valence-corrected chi connectivity index (χ4v) is 9.70. The first-order valence-corrected chi connectivity index (χ1v) is 27.2. The molecule has 0 bridgehead atoms. The van der Waals surface area contributed by atoms with Crippen LogP contribution in [0.2, 0.25) is 0 Å². The summed E-state index contributed by atoms with van der Waals surface area (Å²) in [5.74, 6) is -4.87. The Kier molecular flexibility index (Phi) is 23.6. The van der Waals surface area contributed by atoms with E-state index < -0.39 is 105 Å². The van der Waals surface area contributed by atoms with Gasteiger partial charge in [-0.3, -0.25) is 43.7 Å². The topological polar surface area (TPSA) is 289 Å². The molecule has 0 aromatic heterocycles. The highest BCUT2D eigenvalue weighted by Gasteiger charge is 2.44. The number of carbonyl (C=O) groups excluding carboxylic acids is 7. The SMILES string of the molecule is CC[C@H](C)[C@@H]([C@@H](CC(=O)N1CCC[C@H]1[C@H](OC)[C@@H](C)C(=O)N[C@@H](Cc1ccc(OC(=O)Oc2ccc([N+](=O)[O-])cc2)cc1)C(=O)NS(C)(=O)=O)OC)N(C)C(=O)[C@@H](NC(=O)[C@H](C(C)C)N(C)C(=O)OC(C)(C)C)C(C)C. The third-order valence-corrected chi connectivity index (χ3v) is 13.8. The summed E-state index contributed by atoms with van der Waals surface area (Å²) in [7, 11) is 1.88. The number of methoxy groups -OCH3 is 2. The van der Waals surface area contributed by atoms with Gasteiger partial charge in [-0.2, -0.15) is 0 Å². The number of ether oxygens (including phenoxy) is 5. The molecule has 2 aromatic rings. The van der Waals surface area contributed by atoms with Crippen molar-refractivity contribution in [3.8, 4) is 11.5 Å². The number of carbonyl (C=O) groups is 7. The Balaban J connectivity index is 1.80. The number of likely N-dealkylation sites (tertiary alicyclic amines) is 1. The van der Waals surface area contributed by atoms with Crippen molar-refractivity contribution >= 4 is 57.5 Å². The number of hydrogen-bond donors (Lipinski definition) is 3. The van der Waals surface area contributed by atoms with Crippen LogP contribution in [-0.2, 0) is 54.6 Å². The molecule has 424 valence electrons. The Morgan fingerprint density at radius 2 is 1.38 bits per heavy atom. The third kappa shape index (κ3) is 18.4. The average molecular weight is 1090 g/mol. The third-order valence-electron chi connectivity index (χ3n) is 13.2. The summed E-state index contributed by atoms with van der Waals surface area (Å²) in [6, 6.07) is 5.80. The summed E-state index contributed by atoms with van der Waals surface area (Å²) in [4.78, 5) is 111. The largest absolute Gasteiger partial charge is 0.519 e. The standard InChI is InChI=1S/C52H79N7O16S/c1-16-32(6)44(56(11)49(64)42(30(2)3)54-48(63)43(31(4)5)57(12)50(65)75-52(8,9)10)40(71-13)29-41(60)58-27-17-18-39(58)45(72-14)33(7)46(61)53-38(47(62)55-76(15,69)70)28-34-19-23-36(24-20-34)73-51(66)74-37-25-21-35(22-26-37)59(67)68/h19-26,30-33,38-40,42-45H,16-18,27-29H2,1-15H3,(H,53,61)(H,54,63)(H,55,62)/t32-,33+,38-,39-,40+,42-,43-,44-,45+/m0/s1. The van der Waals surface area contributed by atoms with Crippen molar-refractivity contribution in [1.29, 1.82) is 0 Å². The lowest BCUT2D eigenvalue weighted by molar-refractivity contribution is -0.384. The van der Waals surface area contributed by atoms with E-state index in [1.165, 1.54) is 67.5 Å². The Labute approximate surface area is 446 Å². The van der Waals surface area contributed by atoms with E-state index in [-0.39, 0.29) is 53.7 Å². The van der Waals surface area contributed by atoms with E-state index in [1.807, 2.05) is 18.6 Å². The summed E-state index contributed by atoms with van der Waals surface area (Å²) in [5.41, 5.74) is -0.581. The number of hydrogen-bond acceptors (Lipinski definition) is 16. The summed E-state index contributed by atoms with van der Waals surface area (Å²) in [6.45, 7) is 18.1. The number of amides is 6. The molecule has 1 fully saturated rings. The second-order valence-electron chi connectivity index (χ2n) is 21.0. The van der Waals surface area contributed by atoms with Gasteiger partial charge < -0.3 is 44.1 Å². The maximum atomic E-state index is 14.6. The van der Waals surface area contributed by atoms with Crippen molar-refractivity contribution in [1.82, 2.24) is 30.1 Å². The van der Waals surface area contributed by atoms with E-state index in [0.29, 0.717) is 31.4 Å². The number of rotatable bonds is 25.